The summed E-state index contributed by atoms with van der Waals surface area (Å²) in [6.07, 6.45) is -0.912. The van der Waals surface area contributed by atoms with Crippen LogP contribution < -0.4 is 34.3 Å². The molecule has 1 aliphatic heterocycles. The highest BCUT2D eigenvalue weighted by Gasteiger charge is 2.15. The van der Waals surface area contributed by atoms with E-state index in [0.29, 0.717) is 40.0 Å². The topological polar surface area (TPSA) is 125 Å². The molecule has 1 atom stereocenters. The smallest absolute Gasteiger partial charge is 0.262 e. The van der Waals surface area contributed by atoms with Crippen LogP contribution in [0.15, 0.2) is 66.7 Å². The van der Waals surface area contributed by atoms with Crippen LogP contribution in [0.1, 0.15) is 10.4 Å². The summed E-state index contributed by atoms with van der Waals surface area (Å²) in [4.78, 5) is 24.5. The molecule has 0 fully saturated rings. The van der Waals surface area contributed by atoms with Crippen molar-refractivity contribution in [1.82, 2.24) is 5.32 Å². The Morgan fingerprint density at radius 1 is 0.944 bits per heavy atom. The first kappa shape index (κ1) is 24.7. The molecule has 0 saturated heterocycles. The summed E-state index contributed by atoms with van der Waals surface area (Å²) < 4.78 is 26.7. The summed E-state index contributed by atoms with van der Waals surface area (Å²) >= 11 is 0. The van der Waals surface area contributed by atoms with E-state index in [1.807, 2.05) is 0 Å². The molecule has 2 amide bonds. The predicted molar refractivity (Wildman–Crippen MR) is 130 cm³/mol. The van der Waals surface area contributed by atoms with Crippen molar-refractivity contribution >= 4 is 17.5 Å². The number of hydrogen-bond acceptors (Lipinski definition) is 8. The Morgan fingerprint density at radius 3 is 2.53 bits per heavy atom. The summed E-state index contributed by atoms with van der Waals surface area (Å²) in [5.74, 6) is 2.12. The number of anilines is 1. The second kappa shape index (κ2) is 11.8. The number of aliphatic hydroxyl groups excluding tert-OH is 1. The number of nitrogens with one attached hydrogen (secondary N) is 2. The number of benzene rings is 3. The van der Waals surface area contributed by atoms with Gasteiger partial charge in [0.25, 0.3) is 11.8 Å². The van der Waals surface area contributed by atoms with E-state index < -0.39 is 6.10 Å². The number of ether oxygens (including phenoxy) is 5. The molecular formula is C26H26N2O8. The van der Waals surface area contributed by atoms with Crippen LogP contribution in [0.5, 0.6) is 28.7 Å². The van der Waals surface area contributed by atoms with Gasteiger partial charge in [0.2, 0.25) is 6.79 Å². The van der Waals surface area contributed by atoms with Gasteiger partial charge >= 0.3 is 0 Å². The molecule has 3 aromatic carbocycles. The number of aliphatic hydroxyl groups is 1. The summed E-state index contributed by atoms with van der Waals surface area (Å²) in [6.45, 7) is -0.0327. The van der Waals surface area contributed by atoms with Gasteiger partial charge in [0.15, 0.2) is 18.1 Å². The van der Waals surface area contributed by atoms with E-state index in [2.05, 4.69) is 10.6 Å². The first-order chi connectivity index (χ1) is 17.5. The number of fused-ring (bicyclic) bond motifs is 1. The summed E-state index contributed by atoms with van der Waals surface area (Å²) in [5, 5.41) is 15.5. The fraction of sp³-hybridized carbons (Fsp3) is 0.231. The zero-order chi connectivity index (χ0) is 25.3. The highest BCUT2D eigenvalue weighted by molar-refractivity contribution is 5.94. The van der Waals surface area contributed by atoms with Crippen LogP contribution in [0.2, 0.25) is 0 Å². The molecule has 4 rings (SSSR count). The Balaban J connectivity index is 1.17. The highest BCUT2D eigenvalue weighted by Crippen LogP contribution is 2.35. The van der Waals surface area contributed by atoms with Gasteiger partial charge in [0, 0.05) is 29.9 Å². The lowest BCUT2D eigenvalue weighted by Gasteiger charge is -2.14. The summed E-state index contributed by atoms with van der Waals surface area (Å²) in [7, 11) is 1.55. The van der Waals surface area contributed by atoms with Crippen molar-refractivity contribution in [3.05, 3.63) is 72.3 Å². The molecule has 10 nitrogen and oxygen atoms in total. The maximum atomic E-state index is 12.4. The first-order valence-electron chi connectivity index (χ1n) is 11.2. The molecule has 1 unspecified atom stereocenters. The zero-order valence-corrected chi connectivity index (χ0v) is 19.6. The number of carbonyl (C=O) groups is 2. The average molecular weight is 495 g/mol. The van der Waals surface area contributed by atoms with Crippen molar-refractivity contribution < 1.29 is 38.4 Å². The van der Waals surface area contributed by atoms with E-state index in [4.69, 9.17) is 23.7 Å². The lowest BCUT2D eigenvalue weighted by atomic mass is 10.2. The van der Waals surface area contributed by atoms with Gasteiger partial charge < -0.3 is 39.4 Å². The lowest BCUT2D eigenvalue weighted by Crippen LogP contribution is -2.35. The number of amides is 2. The van der Waals surface area contributed by atoms with E-state index >= 15 is 0 Å². The Kier molecular flexibility index (Phi) is 8.09. The van der Waals surface area contributed by atoms with Gasteiger partial charge in [0.05, 0.1) is 7.11 Å². The van der Waals surface area contributed by atoms with Gasteiger partial charge in [-0.2, -0.15) is 0 Å². The van der Waals surface area contributed by atoms with Gasteiger partial charge in [-0.15, -0.1) is 0 Å². The standard InChI is InChI=1S/C26H26N2O8/c1-32-21-4-2-3-18(11-21)28-25(30)15-34-20-7-5-17(6-8-20)26(31)27-13-19(29)14-33-22-9-10-23-24(12-22)36-16-35-23/h2-12,19,29H,13-16H2,1H3,(H,27,31)(H,28,30). The summed E-state index contributed by atoms with van der Waals surface area (Å²) in [6, 6.07) is 18.4. The fourth-order valence-corrected chi connectivity index (χ4v) is 3.28. The van der Waals surface area contributed by atoms with E-state index in [0.717, 1.165) is 0 Å². The molecule has 3 aromatic rings. The van der Waals surface area contributed by atoms with Crippen LogP contribution in [0.25, 0.3) is 0 Å². The first-order valence-corrected chi connectivity index (χ1v) is 11.2. The SMILES string of the molecule is COc1cccc(NC(=O)COc2ccc(C(=O)NCC(O)COc3ccc4c(c3)OCO4)cc2)c1. The van der Waals surface area contributed by atoms with Crippen LogP contribution in [-0.2, 0) is 4.79 Å². The number of methoxy groups -OCH3 is 1. The summed E-state index contributed by atoms with van der Waals surface area (Å²) in [5.41, 5.74) is 0.977. The van der Waals surface area contributed by atoms with E-state index in [1.54, 1.807) is 73.8 Å². The number of rotatable bonds is 11. The minimum absolute atomic E-state index is 0.00603. The Morgan fingerprint density at radius 2 is 1.72 bits per heavy atom. The second-order valence-electron chi connectivity index (χ2n) is 7.78. The Hall–Kier alpha value is -4.44. The van der Waals surface area contributed by atoms with Crippen molar-refractivity contribution in [2.24, 2.45) is 0 Å². The molecule has 36 heavy (non-hydrogen) atoms. The van der Waals surface area contributed by atoms with Crippen LogP contribution in [0, 0.1) is 0 Å². The molecule has 0 radical (unpaired) electrons. The monoisotopic (exact) mass is 494 g/mol. The van der Waals surface area contributed by atoms with E-state index in [9.17, 15) is 14.7 Å². The predicted octanol–water partition coefficient (Wildman–Crippen LogP) is 2.61. The van der Waals surface area contributed by atoms with Crippen LogP contribution in [0.3, 0.4) is 0 Å². The molecule has 10 heteroatoms. The molecule has 1 heterocycles. The van der Waals surface area contributed by atoms with Crippen molar-refractivity contribution in [1.29, 1.82) is 0 Å². The van der Waals surface area contributed by atoms with E-state index in [-0.39, 0.29) is 38.4 Å². The molecule has 0 aromatic heterocycles. The molecule has 0 bridgehead atoms. The number of hydrogen-bond donors (Lipinski definition) is 3. The maximum absolute atomic E-state index is 12.4. The zero-order valence-electron chi connectivity index (χ0n) is 19.6. The Labute approximate surface area is 207 Å². The third-order valence-corrected chi connectivity index (χ3v) is 5.12. The molecule has 0 aliphatic carbocycles. The largest absolute Gasteiger partial charge is 0.497 e. The van der Waals surface area contributed by atoms with Crippen LogP contribution in [0.4, 0.5) is 5.69 Å². The molecular weight excluding hydrogens is 468 g/mol. The minimum atomic E-state index is -0.912. The van der Waals surface area contributed by atoms with Gasteiger partial charge in [-0.05, 0) is 48.5 Å². The molecule has 3 N–H and O–H groups in total. The van der Waals surface area contributed by atoms with Crippen molar-refractivity contribution in [3.8, 4) is 28.7 Å². The Bertz CT molecular complexity index is 1200. The third kappa shape index (κ3) is 6.80. The average Bonchev–Trinajstić information content (AvgIpc) is 3.38. The van der Waals surface area contributed by atoms with Gasteiger partial charge in [-0.3, -0.25) is 9.59 Å². The third-order valence-electron chi connectivity index (χ3n) is 5.12. The van der Waals surface area contributed by atoms with Crippen molar-refractivity contribution in [2.45, 2.75) is 6.10 Å². The van der Waals surface area contributed by atoms with Gasteiger partial charge in [0.1, 0.15) is 30.0 Å². The lowest BCUT2D eigenvalue weighted by molar-refractivity contribution is -0.118. The molecule has 0 saturated carbocycles. The van der Waals surface area contributed by atoms with Gasteiger partial charge in [-0.25, -0.2) is 0 Å². The maximum Gasteiger partial charge on any atom is 0.262 e. The fourth-order valence-electron chi connectivity index (χ4n) is 3.28. The molecule has 188 valence electrons. The quantitative estimate of drug-likeness (QED) is 0.372. The van der Waals surface area contributed by atoms with Crippen molar-refractivity contribution in [2.75, 3.05) is 39.0 Å². The normalized spacial score (nSPS) is 12.4. The van der Waals surface area contributed by atoms with Crippen molar-refractivity contribution in [3.63, 3.8) is 0 Å². The van der Waals surface area contributed by atoms with Crippen LogP contribution in [-0.4, -0.2) is 56.7 Å². The molecule has 1 aliphatic rings. The van der Waals surface area contributed by atoms with E-state index in [1.165, 1.54) is 0 Å². The molecule has 0 spiro atoms. The minimum Gasteiger partial charge on any atom is -0.497 e. The second-order valence-corrected chi connectivity index (χ2v) is 7.78. The van der Waals surface area contributed by atoms with Gasteiger partial charge in [-0.1, -0.05) is 6.07 Å². The van der Waals surface area contributed by atoms with Crippen LogP contribution >= 0.6 is 0 Å². The highest BCUT2D eigenvalue weighted by atomic mass is 16.7. The number of carbonyl (C=O) groups excluding carboxylic acids is 2.